The van der Waals surface area contributed by atoms with Crippen molar-refractivity contribution in [3.05, 3.63) is 48.6 Å². The van der Waals surface area contributed by atoms with Gasteiger partial charge in [-0.3, -0.25) is 18.6 Å². The molecule has 0 heterocycles. The first-order chi connectivity index (χ1) is 26.5. The van der Waals surface area contributed by atoms with Crippen molar-refractivity contribution in [2.24, 2.45) is 0 Å². The highest BCUT2D eigenvalue weighted by molar-refractivity contribution is 7.47. The molecule has 9 nitrogen and oxygen atoms in total. The molecule has 0 aliphatic heterocycles. The van der Waals surface area contributed by atoms with Crippen LogP contribution in [0.1, 0.15) is 174 Å². The Hall–Kier alpha value is -2.03. The molecule has 0 aromatic carbocycles. The molecule has 10 heteroatoms. The molecule has 0 saturated heterocycles. The van der Waals surface area contributed by atoms with Crippen LogP contribution >= 0.6 is 7.82 Å². The average Bonchev–Trinajstić information content (AvgIpc) is 3.13. The van der Waals surface area contributed by atoms with Crippen LogP contribution in [0.3, 0.4) is 0 Å². The van der Waals surface area contributed by atoms with Crippen LogP contribution in [0.25, 0.3) is 0 Å². The van der Waals surface area contributed by atoms with E-state index < -0.39 is 32.5 Å². The summed E-state index contributed by atoms with van der Waals surface area (Å²) in [7, 11) is 1.44. The van der Waals surface area contributed by atoms with Crippen molar-refractivity contribution in [3.63, 3.8) is 0 Å². The number of carbonyl (C=O) groups is 2. The quantitative estimate of drug-likeness (QED) is 0.0215. The molecule has 0 bridgehead atoms. The van der Waals surface area contributed by atoms with Crippen LogP contribution in [0, 0.1) is 0 Å². The van der Waals surface area contributed by atoms with Gasteiger partial charge in [0.05, 0.1) is 27.7 Å². The summed E-state index contributed by atoms with van der Waals surface area (Å²) in [6.07, 6.45) is 43.1. The lowest BCUT2D eigenvalue weighted by Gasteiger charge is -2.24. The highest BCUT2D eigenvalue weighted by Gasteiger charge is 2.27. The number of ether oxygens (including phenoxy) is 2. The number of carbonyl (C=O) groups excluding carboxylic acids is 2. The minimum atomic E-state index is -4.39. The van der Waals surface area contributed by atoms with Crippen LogP contribution in [0.5, 0.6) is 0 Å². The topological polar surface area (TPSA) is 108 Å². The Balaban J connectivity index is 4.46. The molecule has 2 atom stereocenters. The van der Waals surface area contributed by atoms with E-state index in [0.29, 0.717) is 23.9 Å². The van der Waals surface area contributed by atoms with Gasteiger partial charge in [0.1, 0.15) is 19.8 Å². The van der Waals surface area contributed by atoms with Gasteiger partial charge in [0, 0.05) is 12.8 Å². The summed E-state index contributed by atoms with van der Waals surface area (Å²) in [6, 6.07) is 0. The molecule has 55 heavy (non-hydrogen) atoms. The largest absolute Gasteiger partial charge is 0.472 e. The monoisotopic (exact) mass is 797 g/mol. The number of nitrogens with zero attached hydrogens (tertiary/aromatic N) is 1. The number of allylic oxidation sites excluding steroid dienone is 8. The number of phosphoric acid groups is 1. The second-order valence-corrected chi connectivity index (χ2v) is 17.2. The number of unbranched alkanes of at least 4 members (excludes halogenated alkanes) is 17. The van der Waals surface area contributed by atoms with E-state index in [0.717, 1.165) is 57.8 Å². The van der Waals surface area contributed by atoms with E-state index in [9.17, 15) is 19.0 Å². The van der Waals surface area contributed by atoms with Crippen LogP contribution in [0.15, 0.2) is 48.6 Å². The van der Waals surface area contributed by atoms with Gasteiger partial charge in [-0.05, 0) is 70.6 Å². The molecule has 0 rings (SSSR count). The fourth-order valence-electron chi connectivity index (χ4n) is 5.61. The van der Waals surface area contributed by atoms with Gasteiger partial charge in [0.15, 0.2) is 6.10 Å². The van der Waals surface area contributed by atoms with Crippen molar-refractivity contribution in [3.8, 4) is 0 Å². The van der Waals surface area contributed by atoms with Gasteiger partial charge >= 0.3 is 19.8 Å². The summed E-state index contributed by atoms with van der Waals surface area (Å²) in [5.74, 6) is -0.871. The molecule has 0 amide bonds. The molecular weight excluding hydrogens is 713 g/mol. The Morgan fingerprint density at radius 3 is 1.53 bits per heavy atom. The zero-order valence-electron chi connectivity index (χ0n) is 35.9. The summed E-state index contributed by atoms with van der Waals surface area (Å²) in [6.45, 7) is 4.33. The maximum atomic E-state index is 12.7. The molecule has 1 N–H and O–H groups in total. The second kappa shape index (κ2) is 37.5. The molecule has 0 fully saturated rings. The summed E-state index contributed by atoms with van der Waals surface area (Å²) < 4.78 is 34.2. The molecule has 0 aliphatic rings. The summed E-state index contributed by atoms with van der Waals surface area (Å²) in [5, 5.41) is 0. The molecular formula is C45H83NO8P+. The number of hydrogen-bond acceptors (Lipinski definition) is 7. The van der Waals surface area contributed by atoms with Crippen molar-refractivity contribution < 1.29 is 42.1 Å². The second-order valence-electron chi connectivity index (χ2n) is 15.7. The number of esters is 2. The Bertz CT molecular complexity index is 1080. The van der Waals surface area contributed by atoms with Crippen LogP contribution < -0.4 is 0 Å². The van der Waals surface area contributed by atoms with E-state index >= 15 is 0 Å². The van der Waals surface area contributed by atoms with Gasteiger partial charge in [-0.25, -0.2) is 4.57 Å². The Morgan fingerprint density at radius 1 is 0.564 bits per heavy atom. The number of rotatable bonds is 39. The Kier molecular flexibility index (Phi) is 36.2. The summed E-state index contributed by atoms with van der Waals surface area (Å²) in [4.78, 5) is 35.3. The highest BCUT2D eigenvalue weighted by atomic mass is 31.2. The van der Waals surface area contributed by atoms with Crippen molar-refractivity contribution in [2.45, 2.75) is 180 Å². The predicted molar refractivity (Wildman–Crippen MR) is 229 cm³/mol. The van der Waals surface area contributed by atoms with Crippen LogP contribution in [-0.4, -0.2) is 74.9 Å². The summed E-state index contributed by atoms with van der Waals surface area (Å²) in [5.41, 5.74) is 0. The van der Waals surface area contributed by atoms with E-state index in [4.69, 9.17) is 18.5 Å². The Labute approximate surface area is 337 Å². The molecule has 0 aromatic heterocycles. The zero-order chi connectivity index (χ0) is 40.7. The van der Waals surface area contributed by atoms with Crippen LogP contribution in [0.2, 0.25) is 0 Å². The number of likely N-dealkylation sites (N-methyl/N-ethyl adjacent to an activating group) is 1. The van der Waals surface area contributed by atoms with Crippen LogP contribution in [-0.2, 0) is 32.7 Å². The lowest BCUT2D eigenvalue weighted by Crippen LogP contribution is -2.37. The molecule has 1 unspecified atom stereocenters. The molecule has 0 aromatic rings. The number of hydrogen-bond donors (Lipinski definition) is 1. The van der Waals surface area contributed by atoms with Gasteiger partial charge in [0.25, 0.3) is 0 Å². The summed E-state index contributed by atoms with van der Waals surface area (Å²) >= 11 is 0. The molecule has 0 spiro atoms. The van der Waals surface area contributed by atoms with Crippen molar-refractivity contribution in [2.75, 3.05) is 47.5 Å². The van der Waals surface area contributed by atoms with E-state index in [1.165, 1.54) is 77.0 Å². The third-order valence-corrected chi connectivity index (χ3v) is 10.1. The van der Waals surface area contributed by atoms with Gasteiger partial charge in [-0.2, -0.15) is 0 Å². The fourth-order valence-corrected chi connectivity index (χ4v) is 6.35. The van der Waals surface area contributed by atoms with Crippen molar-refractivity contribution in [1.29, 1.82) is 0 Å². The van der Waals surface area contributed by atoms with Crippen molar-refractivity contribution >= 4 is 19.8 Å². The normalized spacial score (nSPS) is 14.1. The number of phosphoric ester groups is 1. The minimum Gasteiger partial charge on any atom is -0.462 e. The maximum Gasteiger partial charge on any atom is 0.472 e. The smallest absolute Gasteiger partial charge is 0.462 e. The van der Waals surface area contributed by atoms with Gasteiger partial charge in [0.2, 0.25) is 0 Å². The lowest BCUT2D eigenvalue weighted by atomic mass is 10.1. The third-order valence-electron chi connectivity index (χ3n) is 9.08. The van der Waals surface area contributed by atoms with E-state index in [2.05, 4.69) is 62.5 Å². The maximum absolute atomic E-state index is 12.7. The molecule has 0 saturated carbocycles. The highest BCUT2D eigenvalue weighted by Crippen LogP contribution is 2.43. The lowest BCUT2D eigenvalue weighted by molar-refractivity contribution is -0.870. The zero-order valence-corrected chi connectivity index (χ0v) is 36.8. The third kappa shape index (κ3) is 41.4. The fraction of sp³-hybridized carbons (Fsp3) is 0.778. The van der Waals surface area contributed by atoms with Crippen molar-refractivity contribution in [1.82, 2.24) is 0 Å². The first kappa shape index (κ1) is 53.0. The molecule has 320 valence electrons. The first-order valence-corrected chi connectivity index (χ1v) is 23.4. The Morgan fingerprint density at radius 2 is 1.00 bits per heavy atom. The van der Waals surface area contributed by atoms with E-state index in [1.807, 2.05) is 21.1 Å². The van der Waals surface area contributed by atoms with Gasteiger partial charge in [-0.1, -0.05) is 140 Å². The standard InChI is InChI=1S/C45H82NO8P/c1-6-8-10-12-14-16-18-20-22-23-24-26-27-29-31-33-35-37-44(47)51-41-43(42-53-55(49,50)52-40-39-46(3,4)5)54-45(48)38-36-34-32-30-28-25-21-19-17-15-13-11-9-7-2/h19-22,24,26,29,31,43H,6-18,23,25,27-28,30,32-42H2,1-5H3/p+1/b21-19+,22-20+,26-24+,31-29+/t43-/m1/s1. The van der Waals surface area contributed by atoms with Gasteiger partial charge < -0.3 is 18.9 Å². The molecule has 0 radical (unpaired) electrons. The molecule has 0 aliphatic carbocycles. The average molecular weight is 797 g/mol. The first-order valence-electron chi connectivity index (χ1n) is 21.9. The van der Waals surface area contributed by atoms with E-state index in [1.54, 1.807) is 0 Å². The SMILES string of the molecule is CCCCCCC/C=C/CCCCCCCC(=O)O[C@H](COC(=O)CCC/C=C/C/C=C/C/C=C/CCCCCCCC)COP(=O)(O)OCC[N+](C)(C)C. The van der Waals surface area contributed by atoms with Crippen LogP contribution in [0.4, 0.5) is 0 Å². The minimum absolute atomic E-state index is 0.0214. The van der Waals surface area contributed by atoms with E-state index in [-0.39, 0.29) is 26.1 Å². The number of quaternary nitrogens is 1. The predicted octanol–water partition coefficient (Wildman–Crippen LogP) is 12.3. The van der Waals surface area contributed by atoms with Gasteiger partial charge in [-0.15, -0.1) is 0 Å².